The first-order chi connectivity index (χ1) is 8.30. The molecule has 0 unspecified atom stereocenters. The smallest absolute Gasteiger partial charge is 0.243 e. The summed E-state index contributed by atoms with van der Waals surface area (Å²) < 4.78 is 51.2. The van der Waals surface area contributed by atoms with Gasteiger partial charge in [0.2, 0.25) is 10.0 Å². The summed E-state index contributed by atoms with van der Waals surface area (Å²) in [6, 6.07) is 2.01. The van der Waals surface area contributed by atoms with Crippen molar-refractivity contribution in [3.05, 3.63) is 29.8 Å². The van der Waals surface area contributed by atoms with Gasteiger partial charge in [0.1, 0.15) is 0 Å². The minimum atomic E-state index is -3.94. The van der Waals surface area contributed by atoms with Crippen LogP contribution < -0.4 is 0 Å². The van der Waals surface area contributed by atoms with Gasteiger partial charge in [-0.1, -0.05) is 0 Å². The van der Waals surface area contributed by atoms with E-state index in [1.54, 1.807) is 13.8 Å². The Kier molecular flexibility index (Phi) is 4.78. The second-order valence-corrected chi connectivity index (χ2v) is 5.90. The van der Waals surface area contributed by atoms with Gasteiger partial charge in [0, 0.05) is 12.6 Å². The second kappa shape index (κ2) is 5.73. The standard InChI is InChI=1S/C11H15F2NO3S/c1-8(2)14(5-6-15)18(16,17)9-3-4-10(12)11(13)7-9/h3-4,7-8,15H,5-6H2,1-2H3. The molecule has 1 aromatic carbocycles. The van der Waals surface area contributed by atoms with E-state index >= 15 is 0 Å². The van der Waals surface area contributed by atoms with Gasteiger partial charge in [-0.15, -0.1) is 0 Å². The van der Waals surface area contributed by atoms with E-state index in [1.165, 1.54) is 0 Å². The monoisotopic (exact) mass is 279 g/mol. The Bertz CT molecular complexity index is 517. The number of aliphatic hydroxyl groups is 1. The van der Waals surface area contributed by atoms with Crippen molar-refractivity contribution in [1.82, 2.24) is 4.31 Å². The van der Waals surface area contributed by atoms with E-state index in [1.807, 2.05) is 0 Å². The van der Waals surface area contributed by atoms with Crippen molar-refractivity contribution in [2.45, 2.75) is 24.8 Å². The number of nitrogens with zero attached hydrogens (tertiary/aromatic N) is 1. The van der Waals surface area contributed by atoms with E-state index in [0.29, 0.717) is 6.07 Å². The van der Waals surface area contributed by atoms with Crippen LogP contribution in [-0.2, 0) is 10.0 Å². The summed E-state index contributed by atoms with van der Waals surface area (Å²) in [5, 5.41) is 8.85. The predicted octanol–water partition coefficient (Wildman–Crippen LogP) is 1.36. The maximum atomic E-state index is 13.1. The zero-order valence-corrected chi connectivity index (χ0v) is 10.9. The number of rotatable bonds is 5. The van der Waals surface area contributed by atoms with Gasteiger partial charge >= 0.3 is 0 Å². The highest BCUT2D eigenvalue weighted by molar-refractivity contribution is 7.89. The minimum Gasteiger partial charge on any atom is -0.395 e. The van der Waals surface area contributed by atoms with Crippen LogP contribution >= 0.6 is 0 Å². The van der Waals surface area contributed by atoms with Crippen LogP contribution in [0.4, 0.5) is 8.78 Å². The number of hydrogen-bond donors (Lipinski definition) is 1. The summed E-state index contributed by atoms with van der Waals surface area (Å²) in [6.07, 6.45) is 0. The van der Waals surface area contributed by atoms with Crippen molar-refractivity contribution in [2.75, 3.05) is 13.2 Å². The van der Waals surface area contributed by atoms with Gasteiger partial charge < -0.3 is 5.11 Å². The van der Waals surface area contributed by atoms with Gasteiger partial charge in [0.05, 0.1) is 11.5 Å². The third-order valence-electron chi connectivity index (χ3n) is 2.39. The lowest BCUT2D eigenvalue weighted by Gasteiger charge is -2.25. The SMILES string of the molecule is CC(C)N(CCO)S(=O)(=O)c1ccc(F)c(F)c1. The summed E-state index contributed by atoms with van der Waals surface area (Å²) in [6.45, 7) is 2.82. The molecule has 4 nitrogen and oxygen atoms in total. The molecule has 18 heavy (non-hydrogen) atoms. The molecular weight excluding hydrogens is 264 g/mol. The molecule has 0 spiro atoms. The highest BCUT2D eigenvalue weighted by atomic mass is 32.2. The topological polar surface area (TPSA) is 57.6 Å². The highest BCUT2D eigenvalue weighted by Gasteiger charge is 2.27. The van der Waals surface area contributed by atoms with E-state index in [4.69, 9.17) is 5.11 Å². The van der Waals surface area contributed by atoms with Crippen molar-refractivity contribution in [1.29, 1.82) is 0 Å². The molecule has 0 aromatic heterocycles. The normalized spacial score (nSPS) is 12.4. The van der Waals surface area contributed by atoms with Crippen molar-refractivity contribution in [3.63, 3.8) is 0 Å². The van der Waals surface area contributed by atoms with Gasteiger partial charge in [-0.3, -0.25) is 0 Å². The van der Waals surface area contributed by atoms with Crippen molar-refractivity contribution in [3.8, 4) is 0 Å². The maximum absolute atomic E-state index is 13.1. The summed E-state index contributed by atoms with van der Waals surface area (Å²) in [4.78, 5) is -0.330. The molecule has 0 saturated heterocycles. The van der Waals surface area contributed by atoms with Crippen LogP contribution in [0.15, 0.2) is 23.1 Å². The zero-order chi connectivity index (χ0) is 13.9. The largest absolute Gasteiger partial charge is 0.395 e. The van der Waals surface area contributed by atoms with E-state index in [9.17, 15) is 17.2 Å². The Labute approximate surface area is 105 Å². The highest BCUT2D eigenvalue weighted by Crippen LogP contribution is 2.20. The molecule has 0 saturated carbocycles. The molecular formula is C11H15F2NO3S. The average Bonchev–Trinajstić information content (AvgIpc) is 2.28. The Balaban J connectivity index is 3.22. The molecule has 0 aliphatic rings. The third-order valence-corrected chi connectivity index (χ3v) is 4.47. The average molecular weight is 279 g/mol. The third kappa shape index (κ3) is 3.04. The van der Waals surface area contributed by atoms with E-state index in [2.05, 4.69) is 0 Å². The van der Waals surface area contributed by atoms with Crippen LogP contribution in [0, 0.1) is 11.6 Å². The molecule has 102 valence electrons. The van der Waals surface area contributed by atoms with Crippen LogP contribution in [0.3, 0.4) is 0 Å². The fourth-order valence-corrected chi connectivity index (χ4v) is 3.17. The maximum Gasteiger partial charge on any atom is 0.243 e. The predicted molar refractivity (Wildman–Crippen MR) is 62.5 cm³/mol. The van der Waals surface area contributed by atoms with Gasteiger partial charge in [-0.05, 0) is 32.0 Å². The van der Waals surface area contributed by atoms with Crippen molar-refractivity contribution < 1.29 is 22.3 Å². The van der Waals surface area contributed by atoms with E-state index in [-0.39, 0.29) is 18.0 Å². The van der Waals surface area contributed by atoms with Crippen molar-refractivity contribution >= 4 is 10.0 Å². The Hall–Kier alpha value is -1.05. The first-order valence-electron chi connectivity index (χ1n) is 5.38. The molecule has 1 rings (SSSR count). The van der Waals surface area contributed by atoms with Gasteiger partial charge in [0.15, 0.2) is 11.6 Å². The van der Waals surface area contributed by atoms with Crippen LogP contribution in [0.5, 0.6) is 0 Å². The Morgan fingerprint density at radius 1 is 1.28 bits per heavy atom. The van der Waals surface area contributed by atoms with Crippen LogP contribution in [-0.4, -0.2) is 37.0 Å². The van der Waals surface area contributed by atoms with Crippen molar-refractivity contribution in [2.24, 2.45) is 0 Å². The molecule has 0 heterocycles. The zero-order valence-electron chi connectivity index (χ0n) is 10.1. The molecule has 0 aliphatic heterocycles. The number of benzene rings is 1. The first-order valence-corrected chi connectivity index (χ1v) is 6.82. The summed E-state index contributed by atoms with van der Waals surface area (Å²) in [7, 11) is -3.94. The van der Waals surface area contributed by atoms with E-state index in [0.717, 1.165) is 16.4 Å². The molecule has 0 radical (unpaired) electrons. The van der Waals surface area contributed by atoms with Gasteiger partial charge in [-0.2, -0.15) is 4.31 Å². The molecule has 0 amide bonds. The number of halogens is 2. The molecule has 1 aromatic rings. The number of hydrogen-bond acceptors (Lipinski definition) is 3. The summed E-state index contributed by atoms with van der Waals surface area (Å²) >= 11 is 0. The minimum absolute atomic E-state index is 0.0982. The quantitative estimate of drug-likeness (QED) is 0.885. The lowest BCUT2D eigenvalue weighted by Crippen LogP contribution is -2.39. The fourth-order valence-electron chi connectivity index (χ4n) is 1.53. The number of sulfonamides is 1. The molecule has 0 atom stereocenters. The second-order valence-electron chi connectivity index (χ2n) is 4.01. The molecule has 0 aliphatic carbocycles. The molecule has 0 fully saturated rings. The van der Waals surface area contributed by atoms with E-state index < -0.39 is 27.7 Å². The van der Waals surface area contributed by atoms with Crippen LogP contribution in [0.2, 0.25) is 0 Å². The van der Waals surface area contributed by atoms with Crippen LogP contribution in [0.25, 0.3) is 0 Å². The van der Waals surface area contributed by atoms with Gasteiger partial charge in [-0.25, -0.2) is 17.2 Å². The fraction of sp³-hybridized carbons (Fsp3) is 0.455. The molecule has 0 bridgehead atoms. The Morgan fingerprint density at radius 3 is 2.33 bits per heavy atom. The molecule has 1 N–H and O–H groups in total. The van der Waals surface area contributed by atoms with Gasteiger partial charge in [0.25, 0.3) is 0 Å². The molecule has 7 heteroatoms. The number of aliphatic hydroxyl groups excluding tert-OH is 1. The first kappa shape index (κ1) is 15.0. The lowest BCUT2D eigenvalue weighted by atomic mass is 10.3. The summed E-state index contributed by atoms with van der Waals surface area (Å²) in [5.41, 5.74) is 0. The Morgan fingerprint density at radius 2 is 1.89 bits per heavy atom. The lowest BCUT2D eigenvalue weighted by molar-refractivity contribution is 0.236. The van der Waals surface area contributed by atoms with Crippen LogP contribution in [0.1, 0.15) is 13.8 Å². The summed E-state index contributed by atoms with van der Waals surface area (Å²) in [5.74, 6) is -2.32.